The van der Waals surface area contributed by atoms with Gasteiger partial charge in [0.1, 0.15) is 28.5 Å². The summed E-state index contributed by atoms with van der Waals surface area (Å²) in [5.74, 6) is -1.72. The number of hydrogen-bond acceptors (Lipinski definition) is 6. The number of carbonyl (C=O) groups excluding carboxylic acids is 3. The maximum atomic E-state index is 15.5. The van der Waals surface area contributed by atoms with Gasteiger partial charge in [0.2, 0.25) is 11.8 Å². The molecule has 4 amide bonds. The fraction of sp³-hybridized carbons (Fsp3) is 0.333. The van der Waals surface area contributed by atoms with Gasteiger partial charge >= 0.3 is 6.03 Å². The quantitative estimate of drug-likeness (QED) is 0.361. The third kappa shape index (κ3) is 6.18. The molecule has 12 heteroatoms. The highest BCUT2D eigenvalue weighted by Crippen LogP contribution is 2.49. The maximum absolute atomic E-state index is 15.5. The Hall–Kier alpha value is -4.58. The van der Waals surface area contributed by atoms with E-state index in [1.54, 1.807) is 11.0 Å². The van der Waals surface area contributed by atoms with Crippen molar-refractivity contribution in [2.75, 3.05) is 43.9 Å². The Morgan fingerprint density at radius 2 is 1.79 bits per heavy atom. The van der Waals surface area contributed by atoms with Gasteiger partial charge in [-0.25, -0.2) is 18.6 Å². The molecule has 1 saturated carbocycles. The van der Waals surface area contributed by atoms with Gasteiger partial charge in [-0.3, -0.25) is 19.8 Å². The molecule has 2 fully saturated rings. The number of ether oxygens (including phenoxy) is 1. The molecular formula is C30H32F2N6O4. The molecule has 1 aliphatic heterocycles. The van der Waals surface area contributed by atoms with Crippen LogP contribution in [0.2, 0.25) is 0 Å². The van der Waals surface area contributed by atoms with Gasteiger partial charge < -0.3 is 20.3 Å². The van der Waals surface area contributed by atoms with Gasteiger partial charge in [0.05, 0.1) is 5.69 Å². The van der Waals surface area contributed by atoms with Gasteiger partial charge in [0.15, 0.2) is 5.82 Å². The Bertz CT molecular complexity index is 1500. The highest BCUT2D eigenvalue weighted by molar-refractivity contribution is 6.16. The number of nitrogens with one attached hydrogen (secondary N) is 1. The number of hydrogen-bond donors (Lipinski definition) is 2. The molecule has 2 aliphatic rings. The van der Waals surface area contributed by atoms with Crippen LogP contribution < -0.4 is 20.7 Å². The summed E-state index contributed by atoms with van der Waals surface area (Å²) in [4.78, 5) is 47.4. The van der Waals surface area contributed by atoms with Gasteiger partial charge in [-0.15, -0.1) is 0 Å². The van der Waals surface area contributed by atoms with Crippen molar-refractivity contribution in [2.45, 2.75) is 19.3 Å². The Kier molecular flexibility index (Phi) is 8.08. The molecule has 42 heavy (non-hydrogen) atoms. The predicted molar refractivity (Wildman–Crippen MR) is 152 cm³/mol. The summed E-state index contributed by atoms with van der Waals surface area (Å²) < 4.78 is 35.0. The lowest BCUT2D eigenvalue weighted by Crippen LogP contribution is -2.41. The molecule has 2 heterocycles. The predicted octanol–water partition coefficient (Wildman–Crippen LogP) is 4.50. The average Bonchev–Trinajstić information content (AvgIpc) is 3.64. The minimum Gasteiger partial charge on any atom is -0.457 e. The van der Waals surface area contributed by atoms with Crippen molar-refractivity contribution in [3.05, 3.63) is 72.4 Å². The van der Waals surface area contributed by atoms with Crippen LogP contribution in [0.5, 0.6) is 11.5 Å². The summed E-state index contributed by atoms with van der Waals surface area (Å²) in [6.07, 6.45) is 2.88. The van der Waals surface area contributed by atoms with Crippen LogP contribution >= 0.6 is 0 Å². The normalized spacial score (nSPS) is 17.2. The number of amides is 4. The Labute approximate surface area is 242 Å². The maximum Gasteiger partial charge on any atom is 0.323 e. The second-order valence-corrected chi connectivity index (χ2v) is 10.9. The van der Waals surface area contributed by atoms with Gasteiger partial charge in [0, 0.05) is 43.7 Å². The van der Waals surface area contributed by atoms with Crippen LogP contribution in [0.4, 0.5) is 30.8 Å². The van der Waals surface area contributed by atoms with Crippen LogP contribution in [-0.2, 0) is 9.59 Å². The number of rotatable bonds is 9. The highest BCUT2D eigenvalue weighted by Gasteiger charge is 2.57. The standard InChI is InChI=1S/C30H32F2N6O4/c1-36(2)17-19-10-14-37(18-19)29(41)35-26-16-23(9-13-34-26)42-22-7-8-25(24(32)15-22)38(21-5-3-20(31)4-6-21)28(40)30(11-12-30)27(33)39/h3-9,13,15-16,19H,10-12,14,17-18H2,1-2H3,(H2,33,39)(H,34,35,41). The first kappa shape index (κ1) is 28.9. The largest absolute Gasteiger partial charge is 0.457 e. The molecule has 1 saturated heterocycles. The minimum absolute atomic E-state index is 0.119. The molecule has 1 unspecified atom stereocenters. The zero-order chi connectivity index (χ0) is 30.0. The van der Waals surface area contributed by atoms with E-state index < -0.39 is 28.9 Å². The number of aromatic nitrogens is 1. The van der Waals surface area contributed by atoms with Crippen molar-refractivity contribution in [1.29, 1.82) is 0 Å². The van der Waals surface area contributed by atoms with Crippen LogP contribution in [0.15, 0.2) is 60.8 Å². The molecule has 1 aromatic heterocycles. The van der Waals surface area contributed by atoms with Crippen molar-refractivity contribution in [3.63, 3.8) is 0 Å². The molecule has 5 rings (SSSR count). The summed E-state index contributed by atoms with van der Waals surface area (Å²) in [7, 11) is 4.01. The van der Waals surface area contributed by atoms with Gasteiger partial charge in [-0.1, -0.05) is 0 Å². The van der Waals surface area contributed by atoms with Crippen LogP contribution in [0.1, 0.15) is 19.3 Å². The lowest BCUT2D eigenvalue weighted by Gasteiger charge is -2.27. The molecule has 2 aromatic carbocycles. The zero-order valence-electron chi connectivity index (χ0n) is 23.3. The Balaban J connectivity index is 1.31. The van der Waals surface area contributed by atoms with E-state index in [2.05, 4.69) is 15.2 Å². The zero-order valence-corrected chi connectivity index (χ0v) is 23.3. The fourth-order valence-corrected chi connectivity index (χ4v) is 5.14. The van der Waals surface area contributed by atoms with E-state index in [0.717, 1.165) is 36.1 Å². The fourth-order valence-electron chi connectivity index (χ4n) is 5.14. The number of likely N-dealkylation sites (tertiary alicyclic amines) is 1. The van der Waals surface area contributed by atoms with E-state index in [1.165, 1.54) is 36.5 Å². The van der Waals surface area contributed by atoms with Crippen molar-refractivity contribution >= 4 is 35.0 Å². The molecule has 1 aliphatic carbocycles. The SMILES string of the molecule is CN(C)CC1CCN(C(=O)Nc2cc(Oc3ccc(N(C(=O)C4(C(N)=O)CC4)c4ccc(F)cc4)c(F)c3)ccn2)C1. The second-order valence-electron chi connectivity index (χ2n) is 10.9. The molecule has 3 N–H and O–H groups in total. The molecule has 220 valence electrons. The first-order valence-corrected chi connectivity index (χ1v) is 13.6. The Morgan fingerprint density at radius 3 is 2.43 bits per heavy atom. The van der Waals surface area contributed by atoms with E-state index in [1.807, 2.05) is 14.1 Å². The van der Waals surface area contributed by atoms with Crippen LogP contribution in [0.3, 0.4) is 0 Å². The van der Waals surface area contributed by atoms with E-state index in [4.69, 9.17) is 10.5 Å². The highest BCUT2D eigenvalue weighted by atomic mass is 19.1. The van der Waals surface area contributed by atoms with Crippen LogP contribution in [0.25, 0.3) is 0 Å². The monoisotopic (exact) mass is 578 g/mol. The number of carbonyl (C=O) groups is 3. The number of urea groups is 1. The number of nitrogens with zero attached hydrogens (tertiary/aromatic N) is 4. The molecule has 3 aromatic rings. The Morgan fingerprint density at radius 1 is 1.07 bits per heavy atom. The number of anilines is 3. The van der Waals surface area contributed by atoms with Crippen molar-refractivity contribution in [2.24, 2.45) is 17.1 Å². The lowest BCUT2D eigenvalue weighted by atomic mass is 10.0. The van der Waals surface area contributed by atoms with E-state index in [-0.39, 0.29) is 41.8 Å². The van der Waals surface area contributed by atoms with Gasteiger partial charge in [0.25, 0.3) is 0 Å². The topological polar surface area (TPSA) is 121 Å². The molecule has 0 bridgehead atoms. The van der Waals surface area contributed by atoms with Crippen LogP contribution in [-0.4, -0.2) is 66.4 Å². The molecule has 0 radical (unpaired) electrons. The first-order chi connectivity index (χ1) is 20.1. The van der Waals surface area contributed by atoms with E-state index >= 15 is 4.39 Å². The second kappa shape index (κ2) is 11.7. The first-order valence-electron chi connectivity index (χ1n) is 13.6. The third-order valence-corrected chi connectivity index (χ3v) is 7.48. The number of nitrogens with two attached hydrogens (primary N) is 1. The van der Waals surface area contributed by atoms with Crippen LogP contribution in [0, 0.1) is 23.0 Å². The summed E-state index contributed by atoms with van der Waals surface area (Å²) >= 11 is 0. The lowest BCUT2D eigenvalue weighted by molar-refractivity contribution is -0.133. The molecule has 0 spiro atoms. The molecule has 10 nitrogen and oxygen atoms in total. The van der Waals surface area contributed by atoms with E-state index in [9.17, 15) is 18.8 Å². The van der Waals surface area contributed by atoms with Crippen molar-refractivity contribution < 1.29 is 27.9 Å². The third-order valence-electron chi connectivity index (χ3n) is 7.48. The molecule has 1 atom stereocenters. The summed E-state index contributed by atoms with van der Waals surface area (Å²) in [6.45, 7) is 2.22. The smallest absolute Gasteiger partial charge is 0.323 e. The van der Waals surface area contributed by atoms with Gasteiger partial charge in [-0.05, 0) is 81.7 Å². The number of benzene rings is 2. The number of halogens is 2. The molecular weight excluding hydrogens is 546 g/mol. The van der Waals surface area contributed by atoms with Gasteiger partial charge in [-0.2, -0.15) is 0 Å². The summed E-state index contributed by atoms with van der Waals surface area (Å²) in [6, 6.07) is 11.6. The number of primary amides is 1. The van der Waals surface area contributed by atoms with Crippen molar-refractivity contribution in [1.82, 2.24) is 14.8 Å². The van der Waals surface area contributed by atoms with Crippen molar-refractivity contribution in [3.8, 4) is 11.5 Å². The summed E-state index contributed by atoms with van der Waals surface area (Å²) in [5.41, 5.74) is 4.11. The number of pyridine rings is 1. The average molecular weight is 579 g/mol. The van der Waals surface area contributed by atoms with E-state index in [0.29, 0.717) is 24.8 Å². The minimum atomic E-state index is -1.43. The summed E-state index contributed by atoms with van der Waals surface area (Å²) in [5, 5.41) is 2.78.